The maximum absolute atomic E-state index is 14.4. The van der Waals surface area contributed by atoms with Crippen LogP contribution in [0.2, 0.25) is 0 Å². The summed E-state index contributed by atoms with van der Waals surface area (Å²) in [6.45, 7) is 6.68. The first-order chi connectivity index (χ1) is 23.6. The van der Waals surface area contributed by atoms with Gasteiger partial charge >= 0.3 is 12.1 Å². The molecule has 1 fully saturated rings. The van der Waals surface area contributed by atoms with E-state index >= 15 is 0 Å². The van der Waals surface area contributed by atoms with Gasteiger partial charge in [0.05, 0.1) is 37.5 Å². The van der Waals surface area contributed by atoms with Crippen LogP contribution in [0.4, 0.5) is 21.0 Å². The molecular weight excluding hydrogens is 626 g/mol. The number of amides is 5. The van der Waals surface area contributed by atoms with Crippen molar-refractivity contribution in [3.63, 3.8) is 0 Å². The standard InChI is InChI=1S/C37H55N5O7/c1-25-22-42(26(2)24-43)35(44)32-21-30(39-36(45)38-29-14-17-31(47-5)18-15-29)16-19-33(32)49-27(3)11-9-10-20-48-34(25)23-41(4)37(46)40-28-12-7-6-8-13-28/h14-19,21,25-28,34,43H,6-13,20,22-24H2,1-5H3,(H,40,46)(H2,38,39,45)/t25-,26-,27-,34+/m0/s1. The van der Waals surface area contributed by atoms with Gasteiger partial charge in [0.25, 0.3) is 5.91 Å². The normalized spacial score (nSPS) is 21.7. The lowest BCUT2D eigenvalue weighted by Crippen LogP contribution is -2.50. The smallest absolute Gasteiger partial charge is 0.323 e. The van der Waals surface area contributed by atoms with Crippen LogP contribution < -0.4 is 25.4 Å². The molecule has 0 spiro atoms. The molecule has 2 aromatic carbocycles. The fraction of sp³-hybridized carbons (Fsp3) is 0.595. The van der Waals surface area contributed by atoms with Crippen molar-refractivity contribution in [3.8, 4) is 11.5 Å². The van der Waals surface area contributed by atoms with E-state index in [2.05, 4.69) is 16.0 Å². The van der Waals surface area contributed by atoms with E-state index in [-0.39, 0.29) is 54.8 Å². The summed E-state index contributed by atoms with van der Waals surface area (Å²) in [6, 6.07) is 11.1. The van der Waals surface area contributed by atoms with Crippen LogP contribution in [0.25, 0.3) is 0 Å². The van der Waals surface area contributed by atoms with Crippen molar-refractivity contribution in [2.45, 2.75) is 96.4 Å². The highest BCUT2D eigenvalue weighted by atomic mass is 16.5. The maximum atomic E-state index is 14.4. The molecule has 2 aromatic rings. The van der Waals surface area contributed by atoms with Crippen LogP contribution in [-0.4, -0.2) is 97.6 Å². The number of hydrogen-bond donors (Lipinski definition) is 4. The fourth-order valence-electron chi connectivity index (χ4n) is 6.32. The molecule has 0 saturated heterocycles. The number of rotatable bonds is 8. The molecule has 49 heavy (non-hydrogen) atoms. The predicted octanol–water partition coefficient (Wildman–Crippen LogP) is 6.11. The minimum atomic E-state index is -0.518. The summed E-state index contributed by atoms with van der Waals surface area (Å²) in [5.74, 6) is 0.566. The number of methoxy groups -OCH3 is 1. The lowest BCUT2D eigenvalue weighted by molar-refractivity contribution is -0.0123. The molecule has 12 heteroatoms. The summed E-state index contributed by atoms with van der Waals surface area (Å²) in [7, 11) is 3.36. The molecule has 0 aromatic heterocycles. The van der Waals surface area contributed by atoms with Crippen molar-refractivity contribution < 1.29 is 33.7 Å². The first-order valence-corrected chi connectivity index (χ1v) is 17.7. The topological polar surface area (TPSA) is 142 Å². The van der Waals surface area contributed by atoms with Crippen molar-refractivity contribution in [1.82, 2.24) is 15.1 Å². The highest BCUT2D eigenvalue weighted by molar-refractivity contribution is 6.02. The van der Waals surface area contributed by atoms with Crippen molar-refractivity contribution in [2.75, 3.05) is 51.1 Å². The van der Waals surface area contributed by atoms with Crippen LogP contribution in [0.3, 0.4) is 0 Å². The van der Waals surface area contributed by atoms with Gasteiger partial charge in [-0.3, -0.25) is 4.79 Å². The molecule has 2 aliphatic rings. The lowest BCUT2D eigenvalue weighted by atomic mass is 9.96. The van der Waals surface area contributed by atoms with Gasteiger partial charge in [0.15, 0.2) is 0 Å². The Morgan fingerprint density at radius 1 is 1.00 bits per heavy atom. The summed E-state index contributed by atoms with van der Waals surface area (Å²) in [6.07, 6.45) is 7.39. The van der Waals surface area contributed by atoms with Gasteiger partial charge < -0.3 is 45.1 Å². The highest BCUT2D eigenvalue weighted by Gasteiger charge is 2.31. The van der Waals surface area contributed by atoms with E-state index in [1.165, 1.54) is 6.42 Å². The minimum absolute atomic E-state index is 0.116. The van der Waals surface area contributed by atoms with E-state index in [1.54, 1.807) is 73.3 Å². The Bertz CT molecular complexity index is 1370. The number of urea groups is 2. The summed E-state index contributed by atoms with van der Waals surface area (Å²) < 4.78 is 17.9. The van der Waals surface area contributed by atoms with Crippen molar-refractivity contribution >= 4 is 29.3 Å². The molecule has 1 aliphatic carbocycles. The van der Waals surface area contributed by atoms with E-state index in [0.717, 1.165) is 44.9 Å². The second-order valence-corrected chi connectivity index (χ2v) is 13.5. The van der Waals surface area contributed by atoms with Crippen LogP contribution >= 0.6 is 0 Å². The Morgan fingerprint density at radius 3 is 2.37 bits per heavy atom. The van der Waals surface area contributed by atoms with Gasteiger partial charge in [-0.2, -0.15) is 0 Å². The first kappa shape index (κ1) is 37.8. The Labute approximate surface area is 290 Å². The fourth-order valence-corrected chi connectivity index (χ4v) is 6.32. The molecule has 4 rings (SSSR count). The molecular formula is C37H55N5O7. The van der Waals surface area contributed by atoms with Crippen LogP contribution in [0.5, 0.6) is 11.5 Å². The van der Waals surface area contributed by atoms with Gasteiger partial charge in [-0.05, 0) is 88.4 Å². The van der Waals surface area contributed by atoms with Gasteiger partial charge in [-0.15, -0.1) is 0 Å². The average molecular weight is 682 g/mol. The minimum Gasteiger partial charge on any atom is -0.497 e. The second-order valence-electron chi connectivity index (χ2n) is 13.5. The summed E-state index contributed by atoms with van der Waals surface area (Å²) in [5.41, 5.74) is 1.27. The number of anilines is 2. The van der Waals surface area contributed by atoms with E-state index in [4.69, 9.17) is 14.2 Å². The highest BCUT2D eigenvalue weighted by Crippen LogP contribution is 2.29. The molecule has 270 valence electrons. The average Bonchev–Trinajstić information content (AvgIpc) is 3.10. The summed E-state index contributed by atoms with van der Waals surface area (Å²) in [5, 5.41) is 19.0. The zero-order valence-corrected chi connectivity index (χ0v) is 29.7. The number of aliphatic hydroxyl groups is 1. The van der Waals surface area contributed by atoms with E-state index < -0.39 is 12.1 Å². The molecule has 1 saturated carbocycles. The van der Waals surface area contributed by atoms with Crippen LogP contribution in [0.1, 0.15) is 82.5 Å². The van der Waals surface area contributed by atoms with Crippen molar-refractivity contribution in [2.24, 2.45) is 5.92 Å². The zero-order chi connectivity index (χ0) is 35.3. The maximum Gasteiger partial charge on any atom is 0.323 e. The van der Waals surface area contributed by atoms with Gasteiger partial charge in [0.1, 0.15) is 11.5 Å². The number of fused-ring (bicyclic) bond motifs is 1. The van der Waals surface area contributed by atoms with Gasteiger partial charge in [0.2, 0.25) is 0 Å². The van der Waals surface area contributed by atoms with Crippen LogP contribution in [0, 0.1) is 5.92 Å². The van der Waals surface area contributed by atoms with Crippen molar-refractivity contribution in [1.29, 1.82) is 0 Å². The third-order valence-electron chi connectivity index (χ3n) is 9.39. The number of benzene rings is 2. The Morgan fingerprint density at radius 2 is 1.67 bits per heavy atom. The first-order valence-electron chi connectivity index (χ1n) is 17.7. The van der Waals surface area contributed by atoms with Crippen molar-refractivity contribution in [3.05, 3.63) is 48.0 Å². The molecule has 0 radical (unpaired) electrons. The molecule has 4 atom stereocenters. The number of ether oxygens (including phenoxy) is 3. The largest absolute Gasteiger partial charge is 0.497 e. The molecule has 0 bridgehead atoms. The van der Waals surface area contributed by atoms with E-state index in [9.17, 15) is 19.5 Å². The Hall–Kier alpha value is -4.03. The zero-order valence-electron chi connectivity index (χ0n) is 29.7. The number of carbonyl (C=O) groups excluding carboxylic acids is 3. The van der Waals surface area contributed by atoms with Gasteiger partial charge in [0, 0.05) is 50.1 Å². The number of carbonyl (C=O) groups is 3. The molecule has 1 heterocycles. The molecule has 5 amide bonds. The number of likely N-dealkylation sites (N-methyl/N-ethyl adjacent to an activating group) is 1. The van der Waals surface area contributed by atoms with Gasteiger partial charge in [-0.1, -0.05) is 26.2 Å². The van der Waals surface area contributed by atoms with Gasteiger partial charge in [-0.25, -0.2) is 9.59 Å². The Kier molecular flexibility index (Phi) is 14.4. The molecule has 0 unspecified atom stereocenters. The third-order valence-corrected chi connectivity index (χ3v) is 9.39. The summed E-state index contributed by atoms with van der Waals surface area (Å²) >= 11 is 0. The monoisotopic (exact) mass is 681 g/mol. The number of nitrogens with zero attached hydrogens (tertiary/aromatic N) is 2. The molecule has 4 N–H and O–H groups in total. The quantitative estimate of drug-likeness (QED) is 0.264. The number of aliphatic hydroxyl groups excluding tert-OH is 1. The third kappa shape index (κ3) is 11.3. The SMILES string of the molecule is COc1ccc(NC(=O)Nc2ccc3c(c2)C(=O)N([C@@H](C)CO)C[C@H](C)[C@@H](CN(C)C(=O)NC2CCCCC2)OCCCC[C@H](C)O3)cc1. The van der Waals surface area contributed by atoms with E-state index in [1.807, 2.05) is 13.8 Å². The second kappa shape index (κ2) is 18.7. The summed E-state index contributed by atoms with van der Waals surface area (Å²) in [4.78, 5) is 43.7. The molecule has 1 aliphatic heterocycles. The number of nitrogens with one attached hydrogen (secondary N) is 3. The lowest BCUT2D eigenvalue weighted by Gasteiger charge is -2.36. The van der Waals surface area contributed by atoms with Crippen LogP contribution in [0.15, 0.2) is 42.5 Å². The predicted molar refractivity (Wildman–Crippen MR) is 191 cm³/mol. The Balaban J connectivity index is 1.55. The van der Waals surface area contributed by atoms with E-state index in [0.29, 0.717) is 36.0 Å². The molecule has 12 nitrogen and oxygen atoms in total. The number of hydrogen-bond acceptors (Lipinski definition) is 7. The van der Waals surface area contributed by atoms with Crippen LogP contribution in [-0.2, 0) is 4.74 Å².